The fraction of sp³-hybridized carbons (Fsp3) is 0.875. The summed E-state index contributed by atoms with van der Waals surface area (Å²) in [5.41, 5.74) is 0. The van der Waals surface area contributed by atoms with Crippen LogP contribution in [0.5, 0.6) is 0 Å². The smallest absolute Gasteiger partial charge is 0.302 e. The van der Waals surface area contributed by atoms with Crippen molar-refractivity contribution in [1.82, 2.24) is 0 Å². The maximum Gasteiger partial charge on any atom is 0.302 e. The summed E-state index contributed by atoms with van der Waals surface area (Å²) in [6.07, 6.45) is -16.2. The van der Waals surface area contributed by atoms with E-state index < -0.39 is 86.6 Å². The molecular formula is C16H26O13. The third-order valence-corrected chi connectivity index (χ3v) is 4.52. The van der Waals surface area contributed by atoms with Crippen LogP contribution in [-0.4, -0.2) is 117 Å². The predicted octanol–water partition coefficient (Wildman–Crippen LogP) is -4.26. The van der Waals surface area contributed by atoms with Crippen molar-refractivity contribution < 1.29 is 63.9 Å². The van der Waals surface area contributed by atoms with Gasteiger partial charge >= 0.3 is 11.9 Å². The molecule has 0 saturated carbocycles. The second-order valence-corrected chi connectivity index (χ2v) is 6.77. The highest BCUT2D eigenvalue weighted by molar-refractivity contribution is 5.66. The van der Waals surface area contributed by atoms with E-state index in [0.29, 0.717) is 0 Å². The van der Waals surface area contributed by atoms with Crippen LogP contribution in [0.4, 0.5) is 0 Å². The maximum absolute atomic E-state index is 10.9. The zero-order chi connectivity index (χ0) is 21.9. The highest BCUT2D eigenvalue weighted by atomic mass is 16.7. The van der Waals surface area contributed by atoms with Gasteiger partial charge in [0.05, 0.1) is 0 Å². The number of rotatable bonds is 6. The van der Waals surface area contributed by atoms with Gasteiger partial charge in [-0.1, -0.05) is 0 Å². The molecule has 4 unspecified atom stereocenters. The quantitative estimate of drug-likeness (QED) is 0.223. The largest absolute Gasteiger partial charge is 0.463 e. The molecular weight excluding hydrogens is 400 g/mol. The Hall–Kier alpha value is -1.42. The Labute approximate surface area is 165 Å². The summed E-state index contributed by atoms with van der Waals surface area (Å²) in [6.45, 7) is 1.35. The van der Waals surface area contributed by atoms with E-state index in [2.05, 4.69) is 4.74 Å². The zero-order valence-electron chi connectivity index (χ0n) is 15.7. The molecule has 0 aromatic heterocycles. The van der Waals surface area contributed by atoms with Crippen molar-refractivity contribution in [2.75, 3.05) is 13.2 Å². The Bertz CT molecular complexity index is 571. The molecule has 0 spiro atoms. The number of hydrogen-bond donors (Lipinski definition) is 6. The third-order valence-electron chi connectivity index (χ3n) is 4.52. The molecule has 2 heterocycles. The van der Waals surface area contributed by atoms with Crippen molar-refractivity contribution in [3.63, 3.8) is 0 Å². The molecule has 2 rings (SSSR count). The normalized spacial score (nSPS) is 42.9. The fourth-order valence-corrected chi connectivity index (χ4v) is 2.93. The molecule has 6 N–H and O–H groups in total. The van der Waals surface area contributed by atoms with Crippen molar-refractivity contribution in [1.29, 1.82) is 0 Å². The van der Waals surface area contributed by atoms with Gasteiger partial charge < -0.3 is 54.3 Å². The molecule has 0 aromatic carbocycles. The fourth-order valence-electron chi connectivity index (χ4n) is 2.93. The number of hydrogen-bond acceptors (Lipinski definition) is 13. The van der Waals surface area contributed by atoms with Crippen LogP contribution in [0, 0.1) is 0 Å². The van der Waals surface area contributed by atoms with Crippen LogP contribution in [-0.2, 0) is 33.3 Å². The Morgan fingerprint density at radius 1 is 0.724 bits per heavy atom. The van der Waals surface area contributed by atoms with Crippen LogP contribution < -0.4 is 0 Å². The number of carbonyl (C=O) groups excluding carboxylic acids is 2. The lowest BCUT2D eigenvalue weighted by Crippen LogP contribution is -2.64. The molecule has 29 heavy (non-hydrogen) atoms. The first kappa shape index (κ1) is 23.9. The van der Waals surface area contributed by atoms with Gasteiger partial charge in [-0.05, 0) is 0 Å². The summed E-state index contributed by atoms with van der Waals surface area (Å²) >= 11 is 0. The summed E-state index contributed by atoms with van der Waals surface area (Å²) in [5.74, 6) is -1.33. The molecule has 2 aliphatic rings. The highest BCUT2D eigenvalue weighted by Gasteiger charge is 2.50. The monoisotopic (exact) mass is 426 g/mol. The SMILES string of the molecule is CC(=O)OCC1O[C@@H](OC2[C@@H](O)[C@H](O)C(COC(C)=O)O[C@@H]2O)C(O)[C@@H](O)[C@@H]1O. The lowest BCUT2D eigenvalue weighted by Gasteiger charge is -2.45. The average molecular weight is 426 g/mol. The minimum absolute atomic E-state index is 0.435. The van der Waals surface area contributed by atoms with Gasteiger partial charge in [0, 0.05) is 13.8 Å². The summed E-state index contributed by atoms with van der Waals surface area (Å²) in [5, 5.41) is 60.5. The van der Waals surface area contributed by atoms with E-state index in [9.17, 15) is 40.2 Å². The number of aliphatic hydroxyl groups excluding tert-OH is 6. The standard InChI is InChI=1S/C16H26O13/c1-5(17)25-3-7-10(20)12(22)14(15(24)27-7)29-16-13(23)11(21)9(19)8(28-16)4-26-6(2)18/h7-16,19-24H,3-4H2,1-2H3/t7?,8?,9-,10-,11+,12+,13?,14?,15+,16+/m1/s1. The van der Waals surface area contributed by atoms with E-state index in [0.717, 1.165) is 13.8 Å². The number of carbonyl (C=O) groups is 2. The van der Waals surface area contributed by atoms with Crippen molar-refractivity contribution in [2.24, 2.45) is 0 Å². The van der Waals surface area contributed by atoms with E-state index >= 15 is 0 Å². The second kappa shape index (κ2) is 10.1. The van der Waals surface area contributed by atoms with Crippen LogP contribution in [0.3, 0.4) is 0 Å². The van der Waals surface area contributed by atoms with Crippen molar-refractivity contribution in [2.45, 2.75) is 75.3 Å². The Morgan fingerprint density at radius 3 is 1.72 bits per heavy atom. The van der Waals surface area contributed by atoms with Crippen molar-refractivity contribution >= 4 is 11.9 Å². The van der Waals surface area contributed by atoms with Crippen molar-refractivity contribution in [3.05, 3.63) is 0 Å². The lowest BCUT2D eigenvalue weighted by molar-refractivity contribution is -0.361. The van der Waals surface area contributed by atoms with Gasteiger partial charge in [-0.2, -0.15) is 0 Å². The summed E-state index contributed by atoms with van der Waals surface area (Å²) < 4.78 is 25.1. The van der Waals surface area contributed by atoms with Gasteiger partial charge in [0.25, 0.3) is 0 Å². The van der Waals surface area contributed by atoms with Gasteiger partial charge in [-0.25, -0.2) is 0 Å². The highest BCUT2D eigenvalue weighted by Crippen LogP contribution is 2.28. The summed E-state index contributed by atoms with van der Waals surface area (Å²) in [7, 11) is 0. The maximum atomic E-state index is 10.9. The topological polar surface area (TPSA) is 202 Å². The number of esters is 2. The van der Waals surface area contributed by atoms with Crippen LogP contribution in [0.2, 0.25) is 0 Å². The molecule has 0 amide bonds. The molecule has 2 saturated heterocycles. The Morgan fingerprint density at radius 2 is 1.21 bits per heavy atom. The van der Waals surface area contributed by atoms with E-state index in [4.69, 9.17) is 18.9 Å². The lowest BCUT2D eigenvalue weighted by atomic mass is 9.97. The molecule has 10 atom stereocenters. The predicted molar refractivity (Wildman–Crippen MR) is 87.7 cm³/mol. The first-order chi connectivity index (χ1) is 13.5. The molecule has 2 fully saturated rings. The third kappa shape index (κ3) is 5.81. The molecule has 0 radical (unpaired) electrons. The van der Waals surface area contributed by atoms with Crippen LogP contribution in [0.1, 0.15) is 13.8 Å². The van der Waals surface area contributed by atoms with Gasteiger partial charge in [0.1, 0.15) is 62.0 Å². The molecule has 13 heteroatoms. The van der Waals surface area contributed by atoms with Gasteiger partial charge in [0.15, 0.2) is 12.6 Å². The number of aliphatic hydroxyl groups is 6. The van der Waals surface area contributed by atoms with Gasteiger partial charge in [-0.15, -0.1) is 0 Å². The first-order valence-corrected chi connectivity index (χ1v) is 8.84. The van der Waals surface area contributed by atoms with Crippen LogP contribution >= 0.6 is 0 Å². The summed E-state index contributed by atoms with van der Waals surface area (Å²) in [6, 6.07) is 0. The first-order valence-electron chi connectivity index (χ1n) is 8.84. The van der Waals surface area contributed by atoms with Crippen molar-refractivity contribution in [3.8, 4) is 0 Å². The van der Waals surface area contributed by atoms with E-state index in [1.807, 2.05) is 0 Å². The Kier molecular flexibility index (Phi) is 8.28. The molecule has 2 aliphatic heterocycles. The van der Waals surface area contributed by atoms with Gasteiger partial charge in [0.2, 0.25) is 0 Å². The molecule has 0 aromatic rings. The molecule has 168 valence electrons. The Balaban J connectivity index is 2.04. The van der Waals surface area contributed by atoms with E-state index in [1.165, 1.54) is 0 Å². The molecule has 0 bridgehead atoms. The van der Waals surface area contributed by atoms with E-state index in [-0.39, 0.29) is 0 Å². The molecule has 0 aliphatic carbocycles. The van der Waals surface area contributed by atoms with Crippen LogP contribution in [0.25, 0.3) is 0 Å². The molecule has 13 nitrogen and oxygen atoms in total. The summed E-state index contributed by atoms with van der Waals surface area (Å²) in [4.78, 5) is 21.8. The minimum atomic E-state index is -1.82. The van der Waals surface area contributed by atoms with Gasteiger partial charge in [-0.3, -0.25) is 9.59 Å². The zero-order valence-corrected chi connectivity index (χ0v) is 15.7. The number of ether oxygens (including phenoxy) is 5. The van der Waals surface area contributed by atoms with E-state index in [1.54, 1.807) is 0 Å². The van der Waals surface area contributed by atoms with Crippen LogP contribution in [0.15, 0.2) is 0 Å². The average Bonchev–Trinajstić information content (AvgIpc) is 2.65. The minimum Gasteiger partial charge on any atom is -0.463 e. The second-order valence-electron chi connectivity index (χ2n) is 6.77.